The van der Waals surface area contributed by atoms with Gasteiger partial charge in [-0.3, -0.25) is 19.2 Å². The van der Waals surface area contributed by atoms with Crippen molar-refractivity contribution >= 4 is 23.6 Å². The monoisotopic (exact) mass is 412 g/mol. The molecular weight excluding hydrogens is 384 g/mol. The van der Waals surface area contributed by atoms with Gasteiger partial charge in [0.2, 0.25) is 23.6 Å². The van der Waals surface area contributed by atoms with E-state index in [1.165, 1.54) is 4.90 Å². The van der Waals surface area contributed by atoms with Crippen molar-refractivity contribution in [2.24, 2.45) is 5.73 Å². The van der Waals surface area contributed by atoms with Crippen LogP contribution in [0.2, 0.25) is 0 Å². The molecule has 30 heavy (non-hydrogen) atoms. The summed E-state index contributed by atoms with van der Waals surface area (Å²) in [4.78, 5) is 54.1. The number of benzene rings is 1. The highest BCUT2D eigenvalue weighted by atomic mass is 16.2. The summed E-state index contributed by atoms with van der Waals surface area (Å²) >= 11 is 0. The molecule has 1 spiro atoms. The molecular formula is C22H28N4O4. The fourth-order valence-electron chi connectivity index (χ4n) is 5.08. The van der Waals surface area contributed by atoms with E-state index in [0.717, 1.165) is 5.56 Å². The molecule has 3 atom stereocenters. The van der Waals surface area contributed by atoms with E-state index in [-0.39, 0.29) is 17.7 Å². The SMILES string of the molecule is NC(=O)[C@@H]1CCCN1C(=O)[C@H](Cc1ccccc1)N1CCCC2(CCC(=O)N2)C1=O. The summed E-state index contributed by atoms with van der Waals surface area (Å²) in [6, 6.07) is 8.20. The Morgan fingerprint density at radius 3 is 2.57 bits per heavy atom. The highest BCUT2D eigenvalue weighted by molar-refractivity contribution is 5.98. The topological polar surface area (TPSA) is 113 Å². The number of nitrogens with zero attached hydrogens (tertiary/aromatic N) is 2. The quantitative estimate of drug-likeness (QED) is 0.726. The Morgan fingerprint density at radius 2 is 1.90 bits per heavy atom. The molecule has 4 rings (SSSR count). The van der Waals surface area contributed by atoms with Gasteiger partial charge in [0.15, 0.2) is 0 Å². The summed E-state index contributed by atoms with van der Waals surface area (Å²) in [7, 11) is 0. The van der Waals surface area contributed by atoms with Crippen LogP contribution >= 0.6 is 0 Å². The average molecular weight is 412 g/mol. The van der Waals surface area contributed by atoms with E-state index in [9.17, 15) is 19.2 Å². The largest absolute Gasteiger partial charge is 0.368 e. The van der Waals surface area contributed by atoms with Gasteiger partial charge < -0.3 is 20.9 Å². The molecule has 160 valence electrons. The average Bonchev–Trinajstić information content (AvgIpc) is 3.37. The number of rotatable bonds is 5. The molecule has 3 fully saturated rings. The van der Waals surface area contributed by atoms with Crippen LogP contribution in [0, 0.1) is 0 Å². The maximum Gasteiger partial charge on any atom is 0.249 e. The van der Waals surface area contributed by atoms with E-state index in [1.54, 1.807) is 4.90 Å². The van der Waals surface area contributed by atoms with E-state index < -0.39 is 23.5 Å². The number of carbonyl (C=O) groups is 4. The zero-order valence-electron chi connectivity index (χ0n) is 17.0. The maximum atomic E-state index is 13.6. The first kappa shape index (κ1) is 20.4. The molecule has 8 heteroatoms. The van der Waals surface area contributed by atoms with Crippen LogP contribution in [-0.4, -0.2) is 64.1 Å². The van der Waals surface area contributed by atoms with Gasteiger partial charge in [-0.15, -0.1) is 0 Å². The molecule has 0 aromatic heterocycles. The van der Waals surface area contributed by atoms with Gasteiger partial charge in [-0.05, 0) is 37.7 Å². The van der Waals surface area contributed by atoms with E-state index in [1.807, 2.05) is 30.3 Å². The van der Waals surface area contributed by atoms with Crippen molar-refractivity contribution in [3.8, 4) is 0 Å². The van der Waals surface area contributed by atoms with E-state index in [0.29, 0.717) is 58.0 Å². The second kappa shape index (κ2) is 8.08. The second-order valence-corrected chi connectivity index (χ2v) is 8.53. The van der Waals surface area contributed by atoms with Gasteiger partial charge in [0.05, 0.1) is 0 Å². The number of nitrogens with one attached hydrogen (secondary N) is 1. The van der Waals surface area contributed by atoms with Gasteiger partial charge >= 0.3 is 0 Å². The molecule has 4 amide bonds. The molecule has 1 unspecified atom stereocenters. The Morgan fingerprint density at radius 1 is 1.13 bits per heavy atom. The van der Waals surface area contributed by atoms with Crippen LogP contribution in [0.5, 0.6) is 0 Å². The maximum absolute atomic E-state index is 13.6. The minimum absolute atomic E-state index is 0.121. The first-order chi connectivity index (χ1) is 14.4. The predicted octanol–water partition coefficient (Wildman–Crippen LogP) is 0.345. The summed E-state index contributed by atoms with van der Waals surface area (Å²) in [5, 5.41) is 2.87. The molecule has 1 aromatic carbocycles. The van der Waals surface area contributed by atoms with Crippen LogP contribution in [0.1, 0.15) is 44.1 Å². The first-order valence-corrected chi connectivity index (χ1v) is 10.7. The van der Waals surface area contributed by atoms with Crippen LogP contribution in [-0.2, 0) is 25.6 Å². The van der Waals surface area contributed by atoms with Gasteiger partial charge in [-0.1, -0.05) is 30.3 Å². The van der Waals surface area contributed by atoms with Crippen LogP contribution in [0.15, 0.2) is 30.3 Å². The second-order valence-electron chi connectivity index (χ2n) is 8.53. The minimum atomic E-state index is -0.904. The number of likely N-dealkylation sites (tertiary alicyclic amines) is 2. The molecule has 0 bridgehead atoms. The number of hydrogen-bond acceptors (Lipinski definition) is 4. The van der Waals surface area contributed by atoms with Gasteiger partial charge in [-0.25, -0.2) is 0 Å². The predicted molar refractivity (Wildman–Crippen MR) is 109 cm³/mol. The van der Waals surface area contributed by atoms with Crippen molar-refractivity contribution in [1.29, 1.82) is 0 Å². The van der Waals surface area contributed by atoms with Crippen LogP contribution in [0.4, 0.5) is 0 Å². The summed E-state index contributed by atoms with van der Waals surface area (Å²) < 4.78 is 0. The standard InChI is InChI=1S/C22H28N4O4/c23-19(28)16-8-4-12-25(16)20(29)17(14-15-6-2-1-3-7-15)26-13-5-10-22(21(26)30)11-9-18(27)24-22/h1-3,6-7,16-17H,4-5,8-14H2,(H2,23,28)(H,24,27)/t16-,17-,22?/m0/s1. The van der Waals surface area contributed by atoms with Crippen LogP contribution in [0.3, 0.4) is 0 Å². The number of nitrogens with two attached hydrogens (primary N) is 1. The molecule has 3 N–H and O–H groups in total. The summed E-state index contributed by atoms with van der Waals surface area (Å²) in [6.07, 6.45) is 3.71. The molecule has 0 radical (unpaired) electrons. The van der Waals surface area contributed by atoms with Gasteiger partial charge in [-0.2, -0.15) is 0 Å². The van der Waals surface area contributed by atoms with E-state index in [2.05, 4.69) is 5.32 Å². The minimum Gasteiger partial charge on any atom is -0.368 e. The number of primary amides is 1. The fourth-order valence-corrected chi connectivity index (χ4v) is 5.08. The molecule has 3 aliphatic rings. The Kier molecular flexibility index (Phi) is 5.49. The van der Waals surface area contributed by atoms with Gasteiger partial charge in [0.25, 0.3) is 0 Å². The van der Waals surface area contributed by atoms with Crippen molar-refractivity contribution in [2.45, 2.75) is 62.6 Å². The lowest BCUT2D eigenvalue weighted by Gasteiger charge is -2.43. The number of amides is 4. The number of piperidine rings is 1. The zero-order chi connectivity index (χ0) is 21.3. The number of hydrogen-bond donors (Lipinski definition) is 2. The van der Waals surface area contributed by atoms with Crippen molar-refractivity contribution in [1.82, 2.24) is 15.1 Å². The van der Waals surface area contributed by atoms with Crippen molar-refractivity contribution in [3.63, 3.8) is 0 Å². The molecule has 0 saturated carbocycles. The highest BCUT2D eigenvalue weighted by Crippen LogP contribution is 2.33. The van der Waals surface area contributed by atoms with Gasteiger partial charge in [0.1, 0.15) is 17.6 Å². The Hall–Kier alpha value is -2.90. The van der Waals surface area contributed by atoms with E-state index >= 15 is 0 Å². The van der Waals surface area contributed by atoms with Gasteiger partial charge in [0, 0.05) is 25.9 Å². The molecule has 3 heterocycles. The third-order valence-corrected chi connectivity index (χ3v) is 6.63. The number of carbonyl (C=O) groups excluding carboxylic acids is 4. The highest BCUT2D eigenvalue weighted by Gasteiger charge is 2.51. The molecule has 0 aliphatic carbocycles. The Bertz CT molecular complexity index is 858. The smallest absolute Gasteiger partial charge is 0.249 e. The normalized spacial score (nSPS) is 27.4. The third kappa shape index (κ3) is 3.66. The Labute approximate surface area is 175 Å². The van der Waals surface area contributed by atoms with Crippen LogP contribution < -0.4 is 11.1 Å². The molecule has 8 nitrogen and oxygen atoms in total. The van der Waals surface area contributed by atoms with Crippen molar-refractivity contribution < 1.29 is 19.2 Å². The Balaban J connectivity index is 1.65. The van der Waals surface area contributed by atoms with Crippen molar-refractivity contribution in [2.75, 3.05) is 13.1 Å². The summed E-state index contributed by atoms with van der Waals surface area (Å²) in [5.41, 5.74) is 5.57. The summed E-state index contributed by atoms with van der Waals surface area (Å²) in [5.74, 6) is -1.06. The first-order valence-electron chi connectivity index (χ1n) is 10.7. The molecule has 3 saturated heterocycles. The lowest BCUT2D eigenvalue weighted by atomic mass is 9.85. The van der Waals surface area contributed by atoms with Crippen molar-refractivity contribution in [3.05, 3.63) is 35.9 Å². The summed E-state index contributed by atoms with van der Waals surface area (Å²) in [6.45, 7) is 0.913. The lowest BCUT2D eigenvalue weighted by Crippen LogP contribution is -2.64. The molecule has 1 aromatic rings. The lowest BCUT2D eigenvalue weighted by molar-refractivity contribution is -0.154. The van der Waals surface area contributed by atoms with E-state index in [4.69, 9.17) is 5.73 Å². The molecule has 3 aliphatic heterocycles. The van der Waals surface area contributed by atoms with Crippen LogP contribution in [0.25, 0.3) is 0 Å². The zero-order valence-corrected chi connectivity index (χ0v) is 17.0. The fraction of sp³-hybridized carbons (Fsp3) is 0.545. The third-order valence-electron chi connectivity index (χ3n) is 6.63.